The van der Waals surface area contributed by atoms with E-state index < -0.39 is 5.54 Å². The van der Waals surface area contributed by atoms with Crippen LogP contribution in [-0.4, -0.2) is 18.0 Å². The van der Waals surface area contributed by atoms with Crippen molar-refractivity contribution in [1.82, 2.24) is 5.32 Å². The molecule has 3 nitrogen and oxygen atoms in total. The van der Waals surface area contributed by atoms with Crippen molar-refractivity contribution in [2.45, 2.75) is 32.7 Å². The SMILES string of the molecule is CC(C)CC(C)(CN)NC(=O)c1c(Cl)cccc1Cl. The van der Waals surface area contributed by atoms with Gasteiger partial charge in [0, 0.05) is 12.1 Å². The molecule has 1 amide bonds. The van der Waals surface area contributed by atoms with Crippen LogP contribution in [0.25, 0.3) is 0 Å². The molecule has 0 saturated heterocycles. The minimum Gasteiger partial charge on any atom is -0.346 e. The van der Waals surface area contributed by atoms with Crippen molar-refractivity contribution < 1.29 is 4.79 Å². The standard InChI is InChI=1S/C14H20Cl2N2O/c1-9(2)7-14(3,8-17)18-13(19)12-10(15)5-4-6-11(12)16/h4-6,9H,7-8,17H2,1-3H3,(H,18,19). The van der Waals surface area contributed by atoms with E-state index in [4.69, 9.17) is 28.9 Å². The molecule has 0 aliphatic rings. The van der Waals surface area contributed by atoms with Gasteiger partial charge in [0.2, 0.25) is 0 Å². The maximum Gasteiger partial charge on any atom is 0.254 e. The highest BCUT2D eigenvalue weighted by molar-refractivity contribution is 6.39. The lowest BCUT2D eigenvalue weighted by Crippen LogP contribution is -2.52. The predicted molar refractivity (Wildman–Crippen MR) is 80.8 cm³/mol. The van der Waals surface area contributed by atoms with Crippen LogP contribution in [0.3, 0.4) is 0 Å². The van der Waals surface area contributed by atoms with Gasteiger partial charge in [0.05, 0.1) is 15.6 Å². The quantitative estimate of drug-likeness (QED) is 0.875. The van der Waals surface area contributed by atoms with Gasteiger partial charge in [-0.1, -0.05) is 43.1 Å². The minimum absolute atomic E-state index is 0.288. The molecular weight excluding hydrogens is 283 g/mol. The summed E-state index contributed by atoms with van der Waals surface area (Å²) in [4.78, 5) is 12.3. The average molecular weight is 303 g/mol. The molecule has 0 fully saturated rings. The van der Waals surface area contributed by atoms with Gasteiger partial charge >= 0.3 is 0 Å². The Balaban J connectivity index is 2.95. The maximum atomic E-state index is 12.3. The molecule has 0 saturated carbocycles. The molecule has 106 valence electrons. The summed E-state index contributed by atoms with van der Waals surface area (Å²) in [7, 11) is 0. The van der Waals surface area contributed by atoms with E-state index in [0.29, 0.717) is 28.1 Å². The Kier molecular flexibility index (Phi) is 5.65. The Morgan fingerprint density at radius 3 is 2.32 bits per heavy atom. The fourth-order valence-electron chi connectivity index (χ4n) is 2.14. The third-order valence-electron chi connectivity index (χ3n) is 2.91. The normalized spacial score (nSPS) is 14.3. The molecule has 0 aliphatic heterocycles. The molecule has 3 N–H and O–H groups in total. The number of rotatable bonds is 5. The zero-order valence-corrected chi connectivity index (χ0v) is 13.0. The second-order valence-corrected chi connectivity index (χ2v) is 6.23. The maximum absolute atomic E-state index is 12.3. The van der Waals surface area contributed by atoms with Crippen LogP contribution in [0.15, 0.2) is 18.2 Å². The van der Waals surface area contributed by atoms with Crippen LogP contribution in [0.2, 0.25) is 10.0 Å². The molecule has 0 heterocycles. The van der Waals surface area contributed by atoms with Gasteiger partial charge in [-0.15, -0.1) is 0 Å². The Bertz CT molecular complexity index is 443. The predicted octanol–water partition coefficient (Wildman–Crippen LogP) is 3.49. The highest BCUT2D eigenvalue weighted by atomic mass is 35.5. The Labute approximate surface area is 124 Å². The van der Waals surface area contributed by atoms with Crippen LogP contribution in [0.5, 0.6) is 0 Å². The molecule has 19 heavy (non-hydrogen) atoms. The molecule has 1 rings (SSSR count). The van der Waals surface area contributed by atoms with Crippen molar-refractivity contribution >= 4 is 29.1 Å². The van der Waals surface area contributed by atoms with Crippen LogP contribution in [0.1, 0.15) is 37.6 Å². The number of carbonyl (C=O) groups is 1. The van der Waals surface area contributed by atoms with Crippen molar-refractivity contribution in [2.24, 2.45) is 11.7 Å². The van der Waals surface area contributed by atoms with Crippen molar-refractivity contribution in [2.75, 3.05) is 6.54 Å². The molecule has 1 aromatic rings. The van der Waals surface area contributed by atoms with Crippen LogP contribution in [0.4, 0.5) is 0 Å². The van der Waals surface area contributed by atoms with E-state index in [1.165, 1.54) is 0 Å². The van der Waals surface area contributed by atoms with Gasteiger partial charge in [-0.25, -0.2) is 0 Å². The average Bonchev–Trinajstić information content (AvgIpc) is 2.27. The third kappa shape index (κ3) is 4.37. The molecule has 0 spiro atoms. The first-order chi connectivity index (χ1) is 8.79. The van der Waals surface area contributed by atoms with Gasteiger partial charge in [-0.05, 0) is 31.4 Å². The van der Waals surface area contributed by atoms with Crippen LogP contribution >= 0.6 is 23.2 Å². The largest absolute Gasteiger partial charge is 0.346 e. The summed E-state index contributed by atoms with van der Waals surface area (Å²) in [6, 6.07) is 4.99. The summed E-state index contributed by atoms with van der Waals surface area (Å²) >= 11 is 12.1. The first kappa shape index (κ1) is 16.3. The number of benzene rings is 1. The first-order valence-electron chi connectivity index (χ1n) is 6.25. The van der Waals surface area contributed by atoms with E-state index in [1.807, 2.05) is 6.92 Å². The van der Waals surface area contributed by atoms with Crippen molar-refractivity contribution in [3.8, 4) is 0 Å². The number of amides is 1. The summed E-state index contributed by atoms with van der Waals surface area (Å²) in [5.41, 5.74) is 5.61. The van der Waals surface area contributed by atoms with E-state index >= 15 is 0 Å². The third-order valence-corrected chi connectivity index (χ3v) is 3.54. The molecule has 0 aromatic heterocycles. The number of nitrogens with one attached hydrogen (secondary N) is 1. The second-order valence-electron chi connectivity index (χ2n) is 5.41. The Morgan fingerprint density at radius 2 is 1.89 bits per heavy atom. The first-order valence-corrected chi connectivity index (χ1v) is 7.01. The molecule has 0 aliphatic carbocycles. The van der Waals surface area contributed by atoms with Gasteiger partial charge in [-0.2, -0.15) is 0 Å². The van der Waals surface area contributed by atoms with Gasteiger partial charge in [0.1, 0.15) is 0 Å². The lowest BCUT2D eigenvalue weighted by Gasteiger charge is -2.31. The van der Waals surface area contributed by atoms with Gasteiger partial charge in [-0.3, -0.25) is 4.79 Å². The fraction of sp³-hybridized carbons (Fsp3) is 0.500. The smallest absolute Gasteiger partial charge is 0.254 e. The van der Waals surface area contributed by atoms with E-state index in [2.05, 4.69) is 19.2 Å². The van der Waals surface area contributed by atoms with E-state index in [9.17, 15) is 4.79 Å². The van der Waals surface area contributed by atoms with Crippen molar-refractivity contribution in [3.63, 3.8) is 0 Å². The number of halogens is 2. The number of hydrogen-bond acceptors (Lipinski definition) is 2. The summed E-state index contributed by atoms with van der Waals surface area (Å²) in [6.45, 7) is 6.46. The van der Waals surface area contributed by atoms with Crippen molar-refractivity contribution in [1.29, 1.82) is 0 Å². The zero-order valence-electron chi connectivity index (χ0n) is 11.5. The Morgan fingerprint density at radius 1 is 1.37 bits per heavy atom. The lowest BCUT2D eigenvalue weighted by atomic mass is 9.90. The monoisotopic (exact) mass is 302 g/mol. The molecule has 0 bridgehead atoms. The molecule has 0 radical (unpaired) electrons. The van der Waals surface area contributed by atoms with Crippen LogP contribution < -0.4 is 11.1 Å². The fourth-order valence-corrected chi connectivity index (χ4v) is 2.71. The molecule has 1 atom stereocenters. The zero-order chi connectivity index (χ0) is 14.6. The number of nitrogens with two attached hydrogens (primary N) is 1. The highest BCUT2D eigenvalue weighted by Crippen LogP contribution is 2.25. The number of hydrogen-bond donors (Lipinski definition) is 2. The molecule has 1 aromatic carbocycles. The molecule has 5 heteroatoms. The molecular formula is C14H20Cl2N2O. The number of carbonyl (C=O) groups excluding carboxylic acids is 1. The lowest BCUT2D eigenvalue weighted by molar-refractivity contribution is 0.0898. The van der Waals surface area contributed by atoms with E-state index in [1.54, 1.807) is 18.2 Å². The minimum atomic E-state index is -0.465. The topological polar surface area (TPSA) is 55.1 Å². The van der Waals surface area contributed by atoms with Crippen molar-refractivity contribution in [3.05, 3.63) is 33.8 Å². The second kappa shape index (κ2) is 6.60. The summed E-state index contributed by atoms with van der Waals surface area (Å²) in [5.74, 6) is 0.139. The summed E-state index contributed by atoms with van der Waals surface area (Å²) in [6.07, 6.45) is 0.789. The van der Waals surface area contributed by atoms with E-state index in [0.717, 1.165) is 6.42 Å². The van der Waals surface area contributed by atoms with Gasteiger partial charge in [0.15, 0.2) is 0 Å². The summed E-state index contributed by atoms with van der Waals surface area (Å²) < 4.78 is 0. The Hall–Kier alpha value is -0.770. The summed E-state index contributed by atoms with van der Waals surface area (Å²) in [5, 5.41) is 3.62. The molecule has 1 unspecified atom stereocenters. The van der Waals surface area contributed by atoms with E-state index in [-0.39, 0.29) is 5.91 Å². The highest BCUT2D eigenvalue weighted by Gasteiger charge is 2.27. The van der Waals surface area contributed by atoms with Crippen LogP contribution in [-0.2, 0) is 0 Å². The van der Waals surface area contributed by atoms with Gasteiger partial charge < -0.3 is 11.1 Å². The van der Waals surface area contributed by atoms with Crippen LogP contribution in [0, 0.1) is 5.92 Å². The van der Waals surface area contributed by atoms with Gasteiger partial charge in [0.25, 0.3) is 5.91 Å².